The van der Waals surface area contributed by atoms with Crippen LogP contribution in [0.2, 0.25) is 0 Å². The van der Waals surface area contributed by atoms with Crippen molar-refractivity contribution < 1.29 is 14.0 Å². The summed E-state index contributed by atoms with van der Waals surface area (Å²) < 4.78 is 16.9. The van der Waals surface area contributed by atoms with Gasteiger partial charge in [-0.1, -0.05) is 11.6 Å². The van der Waals surface area contributed by atoms with Gasteiger partial charge in [0.1, 0.15) is 6.10 Å². The summed E-state index contributed by atoms with van der Waals surface area (Å²) in [4.78, 5) is 11.2. The molecule has 0 spiro atoms. The summed E-state index contributed by atoms with van der Waals surface area (Å²) in [5, 5.41) is 4.14. The van der Waals surface area contributed by atoms with E-state index in [0.29, 0.717) is 24.1 Å². The van der Waals surface area contributed by atoms with Crippen LogP contribution in [0.5, 0.6) is 5.88 Å². The Bertz CT molecular complexity index is 678. The molecule has 0 N–H and O–H groups in total. The van der Waals surface area contributed by atoms with Gasteiger partial charge in [-0.3, -0.25) is 4.90 Å². The molecule has 2 aromatic heterocycles. The molecule has 7 nitrogen and oxygen atoms in total. The Kier molecular flexibility index (Phi) is 5.22. The Labute approximate surface area is 147 Å². The lowest BCUT2D eigenvalue weighted by Crippen LogP contribution is -2.35. The normalized spacial score (nSPS) is 19.8. The molecule has 2 fully saturated rings. The molecule has 4 rings (SSSR count). The zero-order valence-corrected chi connectivity index (χ0v) is 14.4. The molecule has 0 amide bonds. The van der Waals surface area contributed by atoms with E-state index >= 15 is 0 Å². The minimum Gasteiger partial charge on any atom is -0.474 e. The van der Waals surface area contributed by atoms with E-state index in [9.17, 15) is 0 Å². The van der Waals surface area contributed by atoms with E-state index < -0.39 is 0 Å². The van der Waals surface area contributed by atoms with Crippen molar-refractivity contribution in [2.75, 3.05) is 26.3 Å². The summed E-state index contributed by atoms with van der Waals surface area (Å²) >= 11 is 0. The van der Waals surface area contributed by atoms with E-state index in [2.05, 4.69) is 20.0 Å². The van der Waals surface area contributed by atoms with Gasteiger partial charge in [-0.15, -0.1) is 0 Å². The second-order valence-corrected chi connectivity index (χ2v) is 6.63. The Morgan fingerprint density at radius 2 is 2.00 bits per heavy atom. The third-order valence-corrected chi connectivity index (χ3v) is 4.77. The van der Waals surface area contributed by atoms with Crippen molar-refractivity contribution in [3.8, 4) is 17.3 Å². The van der Waals surface area contributed by atoms with Crippen LogP contribution in [0, 0.1) is 0 Å². The molecule has 25 heavy (non-hydrogen) atoms. The monoisotopic (exact) mass is 344 g/mol. The molecule has 1 saturated carbocycles. The molecular weight excluding hydrogens is 320 g/mol. The van der Waals surface area contributed by atoms with Crippen molar-refractivity contribution in [1.29, 1.82) is 0 Å². The fraction of sp³-hybridized carbons (Fsp3) is 0.611. The highest BCUT2D eigenvalue weighted by Gasteiger charge is 2.21. The summed E-state index contributed by atoms with van der Waals surface area (Å²) in [7, 11) is 0. The average Bonchev–Trinajstić information content (AvgIpc) is 3.12. The number of rotatable bonds is 5. The molecule has 1 aliphatic heterocycles. The zero-order chi connectivity index (χ0) is 16.9. The van der Waals surface area contributed by atoms with Crippen LogP contribution < -0.4 is 4.74 Å². The van der Waals surface area contributed by atoms with Crippen LogP contribution in [-0.2, 0) is 11.3 Å². The van der Waals surface area contributed by atoms with Crippen LogP contribution in [0.25, 0.3) is 11.4 Å². The largest absolute Gasteiger partial charge is 0.474 e. The van der Waals surface area contributed by atoms with Crippen LogP contribution in [-0.4, -0.2) is 52.4 Å². The van der Waals surface area contributed by atoms with Crippen molar-refractivity contribution >= 4 is 0 Å². The average molecular weight is 344 g/mol. The maximum atomic E-state index is 6.14. The predicted octanol–water partition coefficient (Wildman–Crippen LogP) is 2.68. The third kappa shape index (κ3) is 4.16. The van der Waals surface area contributed by atoms with E-state index in [1.807, 2.05) is 12.1 Å². The van der Waals surface area contributed by atoms with Gasteiger partial charge in [-0.05, 0) is 37.8 Å². The molecule has 2 aliphatic rings. The standard InChI is InChI=1S/C18H24N4O3/c1-2-5-14(6-3-1)24-18-15(7-4-8-19-18)17-20-16(25-21-17)13-22-9-11-23-12-10-22/h4,7-8,14H,1-3,5-6,9-13H2. The van der Waals surface area contributed by atoms with Crippen LogP contribution >= 0.6 is 0 Å². The summed E-state index contributed by atoms with van der Waals surface area (Å²) in [6.07, 6.45) is 7.90. The third-order valence-electron chi connectivity index (χ3n) is 4.77. The molecular formula is C18H24N4O3. The highest BCUT2D eigenvalue weighted by atomic mass is 16.5. The van der Waals surface area contributed by atoms with E-state index in [0.717, 1.165) is 44.7 Å². The molecule has 1 saturated heterocycles. The van der Waals surface area contributed by atoms with Crippen molar-refractivity contribution in [2.24, 2.45) is 0 Å². The number of ether oxygens (including phenoxy) is 2. The van der Waals surface area contributed by atoms with Crippen molar-refractivity contribution in [3.05, 3.63) is 24.2 Å². The van der Waals surface area contributed by atoms with Crippen LogP contribution in [0.3, 0.4) is 0 Å². The number of nitrogens with zero attached hydrogens (tertiary/aromatic N) is 4. The number of hydrogen-bond acceptors (Lipinski definition) is 7. The smallest absolute Gasteiger partial charge is 0.241 e. The summed E-state index contributed by atoms with van der Waals surface area (Å²) in [5.74, 6) is 1.76. The van der Waals surface area contributed by atoms with E-state index in [1.165, 1.54) is 19.3 Å². The van der Waals surface area contributed by atoms with Gasteiger partial charge in [0.25, 0.3) is 0 Å². The van der Waals surface area contributed by atoms with Gasteiger partial charge in [0.2, 0.25) is 17.6 Å². The Morgan fingerprint density at radius 3 is 2.84 bits per heavy atom. The van der Waals surface area contributed by atoms with Crippen LogP contribution in [0.15, 0.2) is 22.9 Å². The number of hydrogen-bond donors (Lipinski definition) is 0. The first-order chi connectivity index (χ1) is 12.4. The molecule has 7 heteroatoms. The highest BCUT2D eigenvalue weighted by Crippen LogP contribution is 2.29. The van der Waals surface area contributed by atoms with E-state index in [4.69, 9.17) is 14.0 Å². The quantitative estimate of drug-likeness (QED) is 0.825. The van der Waals surface area contributed by atoms with Gasteiger partial charge < -0.3 is 14.0 Å². The van der Waals surface area contributed by atoms with Crippen LogP contribution in [0.1, 0.15) is 38.0 Å². The predicted molar refractivity (Wildman–Crippen MR) is 91.1 cm³/mol. The second kappa shape index (κ2) is 7.93. The van der Waals surface area contributed by atoms with Crippen molar-refractivity contribution in [1.82, 2.24) is 20.0 Å². The second-order valence-electron chi connectivity index (χ2n) is 6.63. The minimum atomic E-state index is 0.238. The summed E-state index contributed by atoms with van der Waals surface area (Å²) in [6, 6.07) is 3.82. The van der Waals surface area contributed by atoms with Crippen LogP contribution in [0.4, 0.5) is 0 Å². The zero-order valence-electron chi connectivity index (χ0n) is 14.4. The van der Waals surface area contributed by atoms with Gasteiger partial charge in [-0.2, -0.15) is 4.98 Å². The summed E-state index contributed by atoms with van der Waals surface area (Å²) in [6.45, 7) is 3.93. The lowest BCUT2D eigenvalue weighted by Gasteiger charge is -2.24. The molecule has 1 aliphatic carbocycles. The number of pyridine rings is 1. The molecule has 0 radical (unpaired) electrons. The molecule has 134 valence electrons. The van der Waals surface area contributed by atoms with E-state index in [1.54, 1.807) is 6.20 Å². The van der Waals surface area contributed by atoms with Gasteiger partial charge in [0.15, 0.2) is 0 Å². The van der Waals surface area contributed by atoms with E-state index in [-0.39, 0.29) is 6.10 Å². The van der Waals surface area contributed by atoms with Gasteiger partial charge >= 0.3 is 0 Å². The molecule has 0 aromatic carbocycles. The molecule has 2 aromatic rings. The van der Waals surface area contributed by atoms with Gasteiger partial charge in [0.05, 0.1) is 25.3 Å². The topological polar surface area (TPSA) is 73.5 Å². The Morgan fingerprint density at radius 1 is 1.16 bits per heavy atom. The lowest BCUT2D eigenvalue weighted by molar-refractivity contribution is 0.0297. The highest BCUT2D eigenvalue weighted by molar-refractivity contribution is 5.60. The number of aromatic nitrogens is 3. The molecule has 3 heterocycles. The minimum absolute atomic E-state index is 0.238. The number of morpholine rings is 1. The lowest BCUT2D eigenvalue weighted by atomic mass is 9.98. The van der Waals surface area contributed by atoms with Crippen molar-refractivity contribution in [3.63, 3.8) is 0 Å². The molecule has 0 bridgehead atoms. The Balaban J connectivity index is 1.47. The van der Waals surface area contributed by atoms with Gasteiger partial charge in [-0.25, -0.2) is 4.98 Å². The maximum absolute atomic E-state index is 6.14. The fourth-order valence-corrected chi connectivity index (χ4v) is 3.37. The molecule has 0 unspecified atom stereocenters. The van der Waals surface area contributed by atoms with Gasteiger partial charge in [0, 0.05) is 19.3 Å². The SMILES string of the molecule is c1cnc(OC2CCCCC2)c(-c2noc(CN3CCOCC3)n2)c1. The fourth-order valence-electron chi connectivity index (χ4n) is 3.37. The Hall–Kier alpha value is -1.99. The summed E-state index contributed by atoms with van der Waals surface area (Å²) in [5.41, 5.74) is 0.796. The first-order valence-corrected chi connectivity index (χ1v) is 9.13. The first-order valence-electron chi connectivity index (χ1n) is 9.13. The van der Waals surface area contributed by atoms with Crippen molar-refractivity contribution in [2.45, 2.75) is 44.8 Å². The molecule has 0 atom stereocenters. The maximum Gasteiger partial charge on any atom is 0.241 e. The first kappa shape index (κ1) is 16.5.